The van der Waals surface area contributed by atoms with Gasteiger partial charge in [-0.25, -0.2) is 0 Å². The van der Waals surface area contributed by atoms with Crippen LogP contribution in [0.3, 0.4) is 0 Å². The molecule has 0 aliphatic heterocycles. The number of anilines is 1. The Morgan fingerprint density at radius 3 is 2.63 bits per heavy atom. The first-order valence-corrected chi connectivity index (χ1v) is 9.13. The number of nitrogens with zero attached hydrogens (tertiary/aromatic N) is 1. The van der Waals surface area contributed by atoms with Crippen LogP contribution in [0.25, 0.3) is 10.8 Å². The molecular weight excluding hydrogens is 336 g/mol. The number of hydrogen-bond donors (Lipinski definition) is 1. The van der Waals surface area contributed by atoms with Crippen LogP contribution in [0, 0.1) is 11.3 Å². The van der Waals surface area contributed by atoms with Gasteiger partial charge in [-0.3, -0.25) is 0 Å². The Kier molecular flexibility index (Phi) is 6.17. The zero-order valence-corrected chi connectivity index (χ0v) is 15.7. The lowest BCUT2D eigenvalue weighted by Crippen LogP contribution is -2.07. The number of hydrogen-bond acceptors (Lipinski definition) is 4. The van der Waals surface area contributed by atoms with Crippen molar-refractivity contribution in [2.75, 3.05) is 19.0 Å². The molecule has 1 N–H and O–H groups in total. The molecule has 0 bridgehead atoms. The standard InChI is InChI=1S/C23H24N2O2/c1-17(18-8-9-20-15-22(26-2)11-10-19(20)14-18)25-21-6-5-7-23(16-21)27-13-4-3-12-24/h5-11,14-17,25H,3-4,13H2,1-2H3. The second-order valence-corrected chi connectivity index (χ2v) is 6.48. The molecule has 0 aliphatic rings. The van der Waals surface area contributed by atoms with E-state index in [9.17, 15) is 0 Å². The van der Waals surface area contributed by atoms with Crippen molar-refractivity contribution < 1.29 is 9.47 Å². The number of nitrogens with one attached hydrogen (secondary N) is 1. The molecule has 138 valence electrons. The maximum atomic E-state index is 8.59. The summed E-state index contributed by atoms with van der Waals surface area (Å²) >= 11 is 0. The van der Waals surface area contributed by atoms with Gasteiger partial charge in [0, 0.05) is 24.2 Å². The van der Waals surface area contributed by atoms with E-state index in [4.69, 9.17) is 14.7 Å². The molecule has 1 unspecified atom stereocenters. The molecule has 0 fully saturated rings. The van der Waals surface area contributed by atoms with Gasteiger partial charge in [0.05, 0.1) is 19.8 Å². The average Bonchev–Trinajstić information content (AvgIpc) is 2.70. The van der Waals surface area contributed by atoms with Gasteiger partial charge in [-0.15, -0.1) is 0 Å². The predicted octanol–water partition coefficient (Wildman–Crippen LogP) is 5.70. The fourth-order valence-corrected chi connectivity index (χ4v) is 2.99. The van der Waals surface area contributed by atoms with E-state index in [1.807, 2.05) is 36.4 Å². The first-order valence-electron chi connectivity index (χ1n) is 9.13. The monoisotopic (exact) mass is 360 g/mol. The first-order chi connectivity index (χ1) is 13.2. The third-order valence-corrected chi connectivity index (χ3v) is 4.49. The van der Waals surface area contributed by atoms with E-state index in [0.717, 1.165) is 29.0 Å². The van der Waals surface area contributed by atoms with Crippen LogP contribution in [-0.4, -0.2) is 13.7 Å². The number of fused-ring (bicyclic) bond motifs is 1. The predicted molar refractivity (Wildman–Crippen MR) is 109 cm³/mol. The lowest BCUT2D eigenvalue weighted by molar-refractivity contribution is 0.313. The van der Waals surface area contributed by atoms with Crippen LogP contribution in [0.5, 0.6) is 11.5 Å². The van der Waals surface area contributed by atoms with Gasteiger partial charge in [0.15, 0.2) is 0 Å². The summed E-state index contributed by atoms with van der Waals surface area (Å²) in [4.78, 5) is 0. The molecule has 0 saturated heterocycles. The molecular formula is C23H24N2O2. The van der Waals surface area contributed by atoms with Gasteiger partial charge in [-0.2, -0.15) is 5.26 Å². The molecule has 0 heterocycles. The van der Waals surface area contributed by atoms with Gasteiger partial charge in [0.2, 0.25) is 0 Å². The summed E-state index contributed by atoms with van der Waals surface area (Å²) in [6, 6.07) is 22.8. The van der Waals surface area contributed by atoms with E-state index < -0.39 is 0 Å². The second kappa shape index (κ2) is 8.95. The van der Waals surface area contributed by atoms with Crippen molar-refractivity contribution in [2.45, 2.75) is 25.8 Å². The van der Waals surface area contributed by atoms with Gasteiger partial charge in [-0.1, -0.05) is 24.3 Å². The maximum absolute atomic E-state index is 8.59. The molecule has 27 heavy (non-hydrogen) atoms. The van der Waals surface area contributed by atoms with Gasteiger partial charge >= 0.3 is 0 Å². The highest BCUT2D eigenvalue weighted by Crippen LogP contribution is 2.27. The molecule has 3 aromatic rings. The lowest BCUT2D eigenvalue weighted by atomic mass is 10.0. The summed E-state index contributed by atoms with van der Waals surface area (Å²) in [6.45, 7) is 2.70. The molecule has 0 saturated carbocycles. The number of rotatable bonds is 8. The van der Waals surface area contributed by atoms with Crippen molar-refractivity contribution in [3.05, 3.63) is 66.2 Å². The van der Waals surface area contributed by atoms with E-state index in [1.165, 1.54) is 10.9 Å². The quantitative estimate of drug-likeness (QED) is 0.523. The summed E-state index contributed by atoms with van der Waals surface area (Å²) in [5.74, 6) is 1.68. The Hall–Kier alpha value is -3.19. The normalized spacial score (nSPS) is 11.6. The lowest BCUT2D eigenvalue weighted by Gasteiger charge is -2.17. The molecule has 0 radical (unpaired) electrons. The van der Waals surface area contributed by atoms with Crippen molar-refractivity contribution in [3.63, 3.8) is 0 Å². The van der Waals surface area contributed by atoms with Crippen LogP contribution in [0.4, 0.5) is 5.69 Å². The minimum Gasteiger partial charge on any atom is -0.497 e. The fraction of sp³-hybridized carbons (Fsp3) is 0.261. The Morgan fingerprint density at radius 2 is 1.81 bits per heavy atom. The summed E-state index contributed by atoms with van der Waals surface area (Å²) in [6.07, 6.45) is 1.26. The van der Waals surface area contributed by atoms with Crippen LogP contribution in [0.1, 0.15) is 31.4 Å². The fourth-order valence-electron chi connectivity index (χ4n) is 2.99. The van der Waals surface area contributed by atoms with Crippen LogP contribution in [-0.2, 0) is 0 Å². The number of nitriles is 1. The molecule has 0 amide bonds. The third kappa shape index (κ3) is 4.92. The zero-order valence-electron chi connectivity index (χ0n) is 15.7. The molecule has 3 rings (SSSR count). The number of ether oxygens (including phenoxy) is 2. The Labute approximate surface area is 160 Å². The Bertz CT molecular complexity index is 947. The minimum absolute atomic E-state index is 0.158. The number of methoxy groups -OCH3 is 1. The number of unbranched alkanes of at least 4 members (excludes halogenated alkanes) is 1. The van der Waals surface area contributed by atoms with Crippen LogP contribution in [0.15, 0.2) is 60.7 Å². The van der Waals surface area contributed by atoms with Gasteiger partial charge in [-0.05, 0) is 60.0 Å². The van der Waals surface area contributed by atoms with E-state index in [0.29, 0.717) is 13.0 Å². The van der Waals surface area contributed by atoms with Crippen molar-refractivity contribution in [3.8, 4) is 17.6 Å². The molecule has 0 spiro atoms. The van der Waals surface area contributed by atoms with E-state index in [1.54, 1.807) is 7.11 Å². The summed E-state index contributed by atoms with van der Waals surface area (Å²) in [5.41, 5.74) is 2.23. The minimum atomic E-state index is 0.158. The van der Waals surface area contributed by atoms with Gasteiger partial charge < -0.3 is 14.8 Å². The molecule has 4 heteroatoms. The van der Waals surface area contributed by atoms with Crippen molar-refractivity contribution in [2.24, 2.45) is 0 Å². The van der Waals surface area contributed by atoms with Crippen molar-refractivity contribution >= 4 is 16.5 Å². The van der Waals surface area contributed by atoms with Crippen LogP contribution >= 0.6 is 0 Å². The summed E-state index contributed by atoms with van der Waals surface area (Å²) in [5, 5.41) is 14.5. The molecule has 1 atom stereocenters. The largest absolute Gasteiger partial charge is 0.497 e. The smallest absolute Gasteiger partial charge is 0.121 e. The van der Waals surface area contributed by atoms with Gasteiger partial charge in [0.1, 0.15) is 11.5 Å². The molecule has 0 aromatic heterocycles. The van der Waals surface area contributed by atoms with E-state index in [2.05, 4.69) is 42.6 Å². The highest BCUT2D eigenvalue weighted by atomic mass is 16.5. The van der Waals surface area contributed by atoms with Crippen LogP contribution in [0.2, 0.25) is 0 Å². The highest BCUT2D eigenvalue weighted by molar-refractivity contribution is 5.84. The zero-order chi connectivity index (χ0) is 19.1. The summed E-state index contributed by atoms with van der Waals surface area (Å²) in [7, 11) is 1.68. The topological polar surface area (TPSA) is 54.3 Å². The average molecular weight is 360 g/mol. The second-order valence-electron chi connectivity index (χ2n) is 6.48. The third-order valence-electron chi connectivity index (χ3n) is 4.49. The first kappa shape index (κ1) is 18.6. The van der Waals surface area contributed by atoms with Crippen molar-refractivity contribution in [1.29, 1.82) is 5.26 Å². The number of benzene rings is 3. The van der Waals surface area contributed by atoms with E-state index in [-0.39, 0.29) is 6.04 Å². The summed E-state index contributed by atoms with van der Waals surface area (Å²) < 4.78 is 11.0. The Morgan fingerprint density at radius 1 is 1.00 bits per heavy atom. The highest BCUT2D eigenvalue weighted by Gasteiger charge is 2.08. The SMILES string of the molecule is COc1ccc2cc(C(C)Nc3cccc(OCCCC#N)c3)ccc2c1. The molecule has 3 aromatic carbocycles. The Balaban J connectivity index is 1.68. The molecule has 0 aliphatic carbocycles. The van der Waals surface area contributed by atoms with Gasteiger partial charge in [0.25, 0.3) is 0 Å². The molecule has 4 nitrogen and oxygen atoms in total. The van der Waals surface area contributed by atoms with Crippen molar-refractivity contribution in [1.82, 2.24) is 0 Å². The van der Waals surface area contributed by atoms with Crippen LogP contribution < -0.4 is 14.8 Å². The van der Waals surface area contributed by atoms with E-state index >= 15 is 0 Å². The maximum Gasteiger partial charge on any atom is 0.121 e.